The lowest BCUT2D eigenvalue weighted by Gasteiger charge is -2.33. The number of benzene rings is 3. The first-order valence-electron chi connectivity index (χ1n) is 13.7. The second-order valence-electron chi connectivity index (χ2n) is 10.3. The first-order chi connectivity index (χ1) is 19.8. The molecule has 3 aromatic carbocycles. The Labute approximate surface area is 245 Å². The second-order valence-corrected chi connectivity index (χ2v) is 12.1. The Hall–Kier alpha value is -3.86. The van der Waals surface area contributed by atoms with Crippen molar-refractivity contribution in [3.8, 4) is 0 Å². The standard InChI is InChI=1S/C31H36F3N3O4S/c1-4-28(30(39)35-21-23(2)3)36(19-18-24-12-7-5-8-13-24)29(38)22-37(42(40,41)27-16-9-6-10-17-27)26-15-11-14-25(20-26)31(32,33)34/h5-17,20,23,28H,4,18-19,21-22H2,1-3H3,(H,35,39)/t28-/m1/s1. The number of hydrogen-bond acceptors (Lipinski definition) is 4. The molecule has 226 valence electrons. The number of anilines is 1. The Morgan fingerprint density at radius 3 is 2.10 bits per heavy atom. The molecular formula is C31H36F3N3O4S. The largest absolute Gasteiger partial charge is 0.416 e. The fourth-order valence-corrected chi connectivity index (χ4v) is 5.83. The summed E-state index contributed by atoms with van der Waals surface area (Å²) in [7, 11) is -4.47. The molecule has 0 saturated heterocycles. The van der Waals surface area contributed by atoms with Gasteiger partial charge in [-0.05, 0) is 54.7 Å². The van der Waals surface area contributed by atoms with E-state index in [2.05, 4.69) is 5.32 Å². The van der Waals surface area contributed by atoms with Gasteiger partial charge in [0.05, 0.1) is 16.1 Å². The van der Waals surface area contributed by atoms with Gasteiger partial charge in [0.1, 0.15) is 12.6 Å². The van der Waals surface area contributed by atoms with Gasteiger partial charge in [-0.3, -0.25) is 13.9 Å². The summed E-state index contributed by atoms with van der Waals surface area (Å²) < 4.78 is 69.0. The van der Waals surface area contributed by atoms with Crippen LogP contribution in [0.4, 0.5) is 18.9 Å². The van der Waals surface area contributed by atoms with Crippen molar-refractivity contribution in [3.05, 3.63) is 96.1 Å². The van der Waals surface area contributed by atoms with E-state index in [1.807, 2.05) is 44.2 Å². The lowest BCUT2D eigenvalue weighted by molar-refractivity contribution is -0.139. The molecule has 0 aliphatic heterocycles. The third kappa shape index (κ3) is 8.58. The molecule has 0 unspecified atom stereocenters. The molecule has 11 heteroatoms. The van der Waals surface area contributed by atoms with E-state index in [0.717, 1.165) is 17.7 Å². The average Bonchev–Trinajstić information content (AvgIpc) is 2.97. The van der Waals surface area contributed by atoms with Crippen LogP contribution in [-0.2, 0) is 32.2 Å². The average molecular weight is 604 g/mol. The summed E-state index contributed by atoms with van der Waals surface area (Å²) in [5.41, 5.74) is -0.470. The van der Waals surface area contributed by atoms with Gasteiger partial charge in [0.25, 0.3) is 10.0 Å². The Bertz CT molecular complexity index is 1430. The van der Waals surface area contributed by atoms with Crippen molar-refractivity contribution in [3.63, 3.8) is 0 Å². The molecule has 42 heavy (non-hydrogen) atoms. The van der Waals surface area contributed by atoms with Gasteiger partial charge >= 0.3 is 6.18 Å². The minimum atomic E-state index is -4.73. The van der Waals surface area contributed by atoms with Crippen LogP contribution in [0.3, 0.4) is 0 Å². The number of hydrogen-bond donors (Lipinski definition) is 1. The topological polar surface area (TPSA) is 86.8 Å². The highest BCUT2D eigenvalue weighted by Gasteiger charge is 2.35. The Kier molecular flexibility index (Phi) is 11.2. The molecule has 3 aromatic rings. The van der Waals surface area contributed by atoms with Crippen LogP contribution in [-0.4, -0.2) is 50.8 Å². The predicted octanol–water partition coefficient (Wildman–Crippen LogP) is 5.52. The molecule has 0 saturated carbocycles. The minimum absolute atomic E-state index is 0.0955. The Morgan fingerprint density at radius 2 is 1.52 bits per heavy atom. The Morgan fingerprint density at radius 1 is 0.905 bits per heavy atom. The van der Waals surface area contributed by atoms with Gasteiger partial charge in [-0.2, -0.15) is 13.2 Å². The maximum Gasteiger partial charge on any atom is 0.416 e. The predicted molar refractivity (Wildman–Crippen MR) is 156 cm³/mol. The molecule has 1 N–H and O–H groups in total. The highest BCUT2D eigenvalue weighted by atomic mass is 32.2. The highest BCUT2D eigenvalue weighted by molar-refractivity contribution is 7.92. The lowest BCUT2D eigenvalue weighted by Crippen LogP contribution is -2.53. The smallest absolute Gasteiger partial charge is 0.354 e. The molecule has 0 aromatic heterocycles. The van der Waals surface area contributed by atoms with E-state index in [0.29, 0.717) is 23.3 Å². The molecule has 0 bridgehead atoms. The molecule has 0 fully saturated rings. The first kappa shape index (κ1) is 32.7. The van der Waals surface area contributed by atoms with Crippen LogP contribution in [0, 0.1) is 5.92 Å². The number of nitrogens with one attached hydrogen (secondary N) is 1. The monoisotopic (exact) mass is 603 g/mol. The van der Waals surface area contributed by atoms with Crippen LogP contribution in [0.1, 0.15) is 38.3 Å². The highest BCUT2D eigenvalue weighted by Crippen LogP contribution is 2.33. The summed E-state index contributed by atoms with van der Waals surface area (Å²) in [4.78, 5) is 28.3. The van der Waals surface area contributed by atoms with Crippen molar-refractivity contribution in [1.29, 1.82) is 0 Å². The van der Waals surface area contributed by atoms with Crippen molar-refractivity contribution in [1.82, 2.24) is 10.2 Å². The molecule has 0 heterocycles. The van der Waals surface area contributed by atoms with E-state index in [1.165, 1.54) is 35.2 Å². The van der Waals surface area contributed by atoms with Gasteiger partial charge in [0.2, 0.25) is 11.8 Å². The van der Waals surface area contributed by atoms with Crippen LogP contribution in [0.2, 0.25) is 0 Å². The van der Waals surface area contributed by atoms with Crippen molar-refractivity contribution < 1.29 is 31.2 Å². The summed E-state index contributed by atoms with van der Waals surface area (Å²) in [6, 6.07) is 19.4. The quantitative estimate of drug-likeness (QED) is 0.279. The maximum atomic E-state index is 14.0. The van der Waals surface area contributed by atoms with Crippen molar-refractivity contribution in [2.24, 2.45) is 5.92 Å². The van der Waals surface area contributed by atoms with Gasteiger partial charge in [0.15, 0.2) is 0 Å². The normalized spacial score (nSPS) is 12.5. The fourth-order valence-electron chi connectivity index (χ4n) is 4.40. The molecule has 0 aliphatic carbocycles. The van der Waals surface area contributed by atoms with E-state index in [-0.39, 0.29) is 35.4 Å². The molecule has 0 aliphatic rings. The number of carbonyl (C=O) groups excluding carboxylic acids is 2. The summed E-state index contributed by atoms with van der Waals surface area (Å²) in [6.45, 7) is 5.28. The molecule has 0 radical (unpaired) electrons. The molecule has 2 amide bonds. The van der Waals surface area contributed by atoms with Crippen LogP contribution in [0.15, 0.2) is 89.8 Å². The zero-order chi connectivity index (χ0) is 30.9. The van der Waals surface area contributed by atoms with Gasteiger partial charge < -0.3 is 10.2 Å². The van der Waals surface area contributed by atoms with Crippen molar-refractivity contribution in [2.75, 3.05) is 23.9 Å². The van der Waals surface area contributed by atoms with Gasteiger partial charge in [0, 0.05) is 13.1 Å². The number of carbonyl (C=O) groups is 2. The summed E-state index contributed by atoms with van der Waals surface area (Å²) in [6.07, 6.45) is -4.10. The summed E-state index contributed by atoms with van der Waals surface area (Å²) in [5.74, 6) is -0.939. The van der Waals surface area contributed by atoms with Gasteiger partial charge in [-0.1, -0.05) is 75.4 Å². The number of amides is 2. The third-order valence-corrected chi connectivity index (χ3v) is 8.41. The zero-order valence-electron chi connectivity index (χ0n) is 23.8. The van der Waals surface area contributed by atoms with Crippen LogP contribution >= 0.6 is 0 Å². The van der Waals surface area contributed by atoms with Gasteiger partial charge in [-0.25, -0.2) is 8.42 Å². The molecule has 3 rings (SSSR count). The molecular weight excluding hydrogens is 567 g/mol. The number of sulfonamides is 1. The lowest BCUT2D eigenvalue weighted by atomic mass is 10.1. The number of alkyl halides is 3. The van der Waals surface area contributed by atoms with E-state index >= 15 is 0 Å². The second kappa shape index (κ2) is 14.4. The van der Waals surface area contributed by atoms with Crippen LogP contribution in [0.25, 0.3) is 0 Å². The molecule has 0 spiro atoms. The first-order valence-corrected chi connectivity index (χ1v) is 15.1. The van der Waals surface area contributed by atoms with E-state index < -0.39 is 40.3 Å². The maximum absolute atomic E-state index is 14.0. The van der Waals surface area contributed by atoms with Gasteiger partial charge in [-0.15, -0.1) is 0 Å². The van der Waals surface area contributed by atoms with E-state index in [1.54, 1.807) is 13.0 Å². The SMILES string of the molecule is CC[C@H](C(=O)NCC(C)C)N(CCc1ccccc1)C(=O)CN(c1cccc(C(F)(F)F)c1)S(=O)(=O)c1ccccc1. The summed E-state index contributed by atoms with van der Waals surface area (Å²) in [5, 5.41) is 2.84. The zero-order valence-corrected chi connectivity index (χ0v) is 24.7. The Balaban J connectivity index is 2.04. The number of nitrogens with zero attached hydrogens (tertiary/aromatic N) is 2. The van der Waals surface area contributed by atoms with Crippen molar-refractivity contribution in [2.45, 2.75) is 50.7 Å². The van der Waals surface area contributed by atoms with Crippen LogP contribution in [0.5, 0.6) is 0 Å². The number of halogens is 3. The van der Waals surface area contributed by atoms with Crippen LogP contribution < -0.4 is 9.62 Å². The van der Waals surface area contributed by atoms with E-state index in [9.17, 15) is 31.2 Å². The van der Waals surface area contributed by atoms with E-state index in [4.69, 9.17) is 0 Å². The number of rotatable bonds is 13. The molecule has 7 nitrogen and oxygen atoms in total. The molecule has 1 atom stereocenters. The minimum Gasteiger partial charge on any atom is -0.354 e. The summed E-state index contributed by atoms with van der Waals surface area (Å²) >= 11 is 0. The fraction of sp³-hybridized carbons (Fsp3) is 0.355. The van der Waals surface area contributed by atoms with Crippen molar-refractivity contribution >= 4 is 27.5 Å². The third-order valence-electron chi connectivity index (χ3n) is 6.63.